The van der Waals surface area contributed by atoms with Gasteiger partial charge in [-0.15, -0.1) is 0 Å². The molecule has 3 aromatic heterocycles. The zero-order chi connectivity index (χ0) is 20.2. The number of carbonyl (C=O) groups excluding carboxylic acids is 1. The second-order valence-corrected chi connectivity index (χ2v) is 7.59. The Kier molecular flexibility index (Phi) is 5.66. The lowest BCUT2D eigenvalue weighted by Gasteiger charge is -2.35. The summed E-state index contributed by atoms with van der Waals surface area (Å²) in [5.74, 6) is 2.95. The van der Waals surface area contributed by atoms with Crippen LogP contribution in [0.1, 0.15) is 16.2 Å². The van der Waals surface area contributed by atoms with Gasteiger partial charge in [0.1, 0.15) is 23.3 Å². The Morgan fingerprint density at radius 2 is 1.90 bits per heavy atom. The highest BCUT2D eigenvalue weighted by Crippen LogP contribution is 2.21. The molecule has 1 saturated heterocycles. The molecule has 1 fully saturated rings. The van der Waals surface area contributed by atoms with Gasteiger partial charge in [-0.1, -0.05) is 6.07 Å². The predicted molar refractivity (Wildman–Crippen MR) is 114 cm³/mol. The largest absolute Gasteiger partial charge is 0.353 e. The second kappa shape index (κ2) is 8.52. The van der Waals surface area contributed by atoms with Crippen molar-refractivity contribution in [2.45, 2.75) is 6.92 Å². The van der Waals surface area contributed by atoms with Gasteiger partial charge in [-0.3, -0.25) is 9.78 Å². The number of aromatic nitrogens is 4. The third kappa shape index (κ3) is 4.68. The molecule has 0 aliphatic carbocycles. The number of nitrogens with zero attached hydrogens (tertiary/aromatic N) is 6. The maximum atomic E-state index is 12.7. The zero-order valence-electron chi connectivity index (χ0n) is 15.9. The fourth-order valence-corrected chi connectivity index (χ4v) is 3.56. The number of hydrogen-bond donors (Lipinski definition) is 1. The fourth-order valence-electron chi connectivity index (χ4n) is 3.20. The SMILES string of the molecule is Cc1nc(Nc2ccccn2)cc(N2CCN(C(=O)c3cncc(Br)c3)CC2)n1. The topological polar surface area (TPSA) is 87.1 Å². The first kappa shape index (κ1) is 19.3. The smallest absolute Gasteiger partial charge is 0.255 e. The number of aryl methyl sites for hydroxylation is 1. The van der Waals surface area contributed by atoms with Gasteiger partial charge in [0.15, 0.2) is 0 Å². The quantitative estimate of drug-likeness (QED) is 0.649. The van der Waals surface area contributed by atoms with Gasteiger partial charge in [-0.2, -0.15) is 0 Å². The standard InChI is InChI=1S/C20H20BrN7O/c1-14-24-18(26-17-4-2-3-5-23-17)11-19(25-14)27-6-8-28(9-7-27)20(29)15-10-16(21)13-22-12-15/h2-5,10-13H,6-9H2,1H3,(H,23,24,25,26). The van der Waals surface area contributed by atoms with E-state index < -0.39 is 0 Å². The first-order valence-electron chi connectivity index (χ1n) is 9.27. The van der Waals surface area contributed by atoms with E-state index in [2.05, 4.69) is 46.1 Å². The van der Waals surface area contributed by atoms with Crippen LogP contribution in [0.25, 0.3) is 0 Å². The summed E-state index contributed by atoms with van der Waals surface area (Å²) >= 11 is 3.37. The van der Waals surface area contributed by atoms with Crippen LogP contribution < -0.4 is 10.2 Å². The Morgan fingerprint density at radius 3 is 2.62 bits per heavy atom. The van der Waals surface area contributed by atoms with Crippen molar-refractivity contribution in [1.82, 2.24) is 24.8 Å². The number of anilines is 3. The number of nitrogens with one attached hydrogen (secondary N) is 1. The van der Waals surface area contributed by atoms with E-state index in [0.29, 0.717) is 43.4 Å². The number of carbonyl (C=O) groups is 1. The number of piperazine rings is 1. The molecule has 8 nitrogen and oxygen atoms in total. The Hall–Kier alpha value is -3.07. The van der Waals surface area contributed by atoms with E-state index in [1.807, 2.05) is 36.1 Å². The molecule has 0 radical (unpaired) electrons. The van der Waals surface area contributed by atoms with Crippen molar-refractivity contribution in [3.05, 3.63) is 64.8 Å². The molecule has 3 aromatic rings. The zero-order valence-corrected chi connectivity index (χ0v) is 17.5. The van der Waals surface area contributed by atoms with E-state index in [1.54, 1.807) is 24.7 Å². The molecule has 0 spiro atoms. The monoisotopic (exact) mass is 453 g/mol. The van der Waals surface area contributed by atoms with Gasteiger partial charge >= 0.3 is 0 Å². The van der Waals surface area contributed by atoms with Crippen molar-refractivity contribution in [3.8, 4) is 0 Å². The van der Waals surface area contributed by atoms with Crippen LogP contribution in [0.4, 0.5) is 17.5 Å². The molecule has 1 N–H and O–H groups in total. The molecule has 4 rings (SSSR count). The highest BCUT2D eigenvalue weighted by Gasteiger charge is 2.23. The van der Waals surface area contributed by atoms with Crippen LogP contribution in [0, 0.1) is 6.92 Å². The summed E-state index contributed by atoms with van der Waals surface area (Å²) in [5, 5.41) is 3.21. The molecular weight excluding hydrogens is 434 g/mol. The van der Waals surface area contributed by atoms with Crippen molar-refractivity contribution >= 4 is 39.3 Å². The molecule has 0 unspecified atom stereocenters. The molecule has 1 aliphatic rings. The van der Waals surface area contributed by atoms with Gasteiger partial charge < -0.3 is 15.1 Å². The van der Waals surface area contributed by atoms with Crippen LogP contribution in [-0.4, -0.2) is 56.9 Å². The lowest BCUT2D eigenvalue weighted by molar-refractivity contribution is 0.0746. The summed E-state index contributed by atoms with van der Waals surface area (Å²) in [6.45, 7) is 4.52. The summed E-state index contributed by atoms with van der Waals surface area (Å²) in [6.07, 6.45) is 5.00. The van der Waals surface area contributed by atoms with E-state index in [1.165, 1.54) is 0 Å². The van der Waals surface area contributed by atoms with Gasteiger partial charge in [0.2, 0.25) is 0 Å². The Balaban J connectivity index is 1.43. The summed E-state index contributed by atoms with van der Waals surface area (Å²) in [5.41, 5.74) is 0.590. The van der Waals surface area contributed by atoms with Gasteiger partial charge in [0, 0.05) is 55.3 Å². The maximum Gasteiger partial charge on any atom is 0.255 e. The molecule has 0 atom stereocenters. The Bertz CT molecular complexity index is 1010. The van der Waals surface area contributed by atoms with E-state index in [0.717, 1.165) is 16.1 Å². The molecule has 148 valence electrons. The van der Waals surface area contributed by atoms with Crippen molar-refractivity contribution in [2.75, 3.05) is 36.4 Å². The average molecular weight is 454 g/mol. The van der Waals surface area contributed by atoms with Crippen molar-refractivity contribution in [1.29, 1.82) is 0 Å². The van der Waals surface area contributed by atoms with Gasteiger partial charge in [-0.25, -0.2) is 15.0 Å². The summed E-state index contributed by atoms with van der Waals surface area (Å²) in [6, 6.07) is 9.38. The maximum absolute atomic E-state index is 12.7. The van der Waals surface area contributed by atoms with Crippen LogP contribution in [0.15, 0.2) is 53.4 Å². The minimum absolute atomic E-state index is 0.00479. The molecular formula is C20H20BrN7O. The molecule has 4 heterocycles. The van der Waals surface area contributed by atoms with Crippen LogP contribution in [0.2, 0.25) is 0 Å². The van der Waals surface area contributed by atoms with Crippen LogP contribution in [0.5, 0.6) is 0 Å². The van der Waals surface area contributed by atoms with Gasteiger partial charge in [0.25, 0.3) is 5.91 Å². The second-order valence-electron chi connectivity index (χ2n) is 6.67. The summed E-state index contributed by atoms with van der Waals surface area (Å²) in [4.78, 5) is 34.1. The van der Waals surface area contributed by atoms with E-state index in [-0.39, 0.29) is 5.91 Å². The normalized spacial score (nSPS) is 14.0. The molecule has 29 heavy (non-hydrogen) atoms. The lowest BCUT2D eigenvalue weighted by atomic mass is 10.2. The Morgan fingerprint density at radius 1 is 1.07 bits per heavy atom. The lowest BCUT2D eigenvalue weighted by Crippen LogP contribution is -2.49. The molecule has 0 bridgehead atoms. The highest BCUT2D eigenvalue weighted by atomic mass is 79.9. The van der Waals surface area contributed by atoms with Crippen LogP contribution in [0.3, 0.4) is 0 Å². The van der Waals surface area contributed by atoms with Crippen molar-refractivity contribution in [3.63, 3.8) is 0 Å². The fraction of sp³-hybridized carbons (Fsp3) is 0.250. The van der Waals surface area contributed by atoms with Gasteiger partial charge in [-0.05, 0) is 41.1 Å². The Labute approximate surface area is 177 Å². The third-order valence-corrected chi connectivity index (χ3v) is 5.02. The molecule has 9 heteroatoms. The molecule has 1 amide bonds. The average Bonchev–Trinajstić information content (AvgIpc) is 2.74. The minimum atomic E-state index is -0.00479. The van der Waals surface area contributed by atoms with E-state index in [9.17, 15) is 4.79 Å². The van der Waals surface area contributed by atoms with Crippen molar-refractivity contribution < 1.29 is 4.79 Å². The van der Waals surface area contributed by atoms with Crippen LogP contribution in [-0.2, 0) is 0 Å². The number of hydrogen-bond acceptors (Lipinski definition) is 7. The minimum Gasteiger partial charge on any atom is -0.353 e. The predicted octanol–water partition coefficient (Wildman–Crippen LogP) is 3.04. The molecule has 0 aromatic carbocycles. The van der Waals surface area contributed by atoms with Crippen LogP contribution >= 0.6 is 15.9 Å². The van der Waals surface area contributed by atoms with E-state index >= 15 is 0 Å². The van der Waals surface area contributed by atoms with Gasteiger partial charge in [0.05, 0.1) is 5.56 Å². The number of halogens is 1. The molecule has 1 aliphatic heterocycles. The number of pyridine rings is 2. The summed E-state index contributed by atoms with van der Waals surface area (Å²) in [7, 11) is 0. The number of amides is 1. The highest BCUT2D eigenvalue weighted by molar-refractivity contribution is 9.10. The number of rotatable bonds is 4. The first-order valence-corrected chi connectivity index (χ1v) is 10.1. The summed E-state index contributed by atoms with van der Waals surface area (Å²) < 4.78 is 0.798. The molecule has 0 saturated carbocycles. The van der Waals surface area contributed by atoms with E-state index in [4.69, 9.17) is 0 Å². The third-order valence-electron chi connectivity index (χ3n) is 4.59. The van der Waals surface area contributed by atoms with Crippen molar-refractivity contribution in [2.24, 2.45) is 0 Å². The first-order chi connectivity index (χ1) is 14.1.